The fourth-order valence-corrected chi connectivity index (χ4v) is 6.13. The number of halogens is 1. The second kappa shape index (κ2) is 13.0. The first kappa shape index (κ1) is 27.0. The molecule has 200 valence electrons. The molecule has 38 heavy (non-hydrogen) atoms. The van der Waals surface area contributed by atoms with Gasteiger partial charge in [0.05, 0.1) is 0 Å². The second-order valence-corrected chi connectivity index (χ2v) is 11.8. The Hall–Kier alpha value is -2.61. The molecule has 2 aliphatic rings. The summed E-state index contributed by atoms with van der Waals surface area (Å²) in [4.78, 5) is 26.8. The summed E-state index contributed by atoms with van der Waals surface area (Å²) in [7, 11) is 0. The lowest BCUT2D eigenvalue weighted by molar-refractivity contribution is 0.0909. The minimum absolute atomic E-state index is 0.00405. The van der Waals surface area contributed by atoms with Crippen molar-refractivity contribution in [2.75, 3.05) is 31.1 Å². The number of piperidine rings is 2. The molecule has 2 aromatic carbocycles. The standard InChI is InChI=1S/C30H36ClN5OS/c1-22-11-17-36(18-12-22)28-19-27(31)33-30(34-28)38-21-24-7-9-25(10-8-24)29(37)32-26-13-15-35(16-14-26)20-23-5-3-2-4-6-23/h2-10,19,22,26H,11-18,20-21H2,1H3,(H,32,37). The number of benzene rings is 2. The number of likely N-dealkylation sites (tertiary alicyclic amines) is 1. The Balaban J connectivity index is 1.09. The highest BCUT2D eigenvalue weighted by atomic mass is 35.5. The van der Waals surface area contributed by atoms with E-state index in [1.54, 1.807) is 11.8 Å². The Labute approximate surface area is 235 Å². The summed E-state index contributed by atoms with van der Waals surface area (Å²) in [5.41, 5.74) is 3.16. The predicted octanol–water partition coefficient (Wildman–Crippen LogP) is 6.05. The molecular formula is C30H36ClN5OS. The van der Waals surface area contributed by atoms with Gasteiger partial charge in [-0.2, -0.15) is 0 Å². The SMILES string of the molecule is CC1CCN(c2cc(Cl)nc(SCc3ccc(C(=O)NC4CCN(Cc5ccccc5)CC4)cc3)n2)CC1. The highest BCUT2D eigenvalue weighted by Crippen LogP contribution is 2.27. The molecule has 5 rings (SSSR count). The highest BCUT2D eigenvalue weighted by Gasteiger charge is 2.21. The monoisotopic (exact) mass is 549 g/mol. The van der Waals surface area contributed by atoms with Gasteiger partial charge in [0.2, 0.25) is 0 Å². The summed E-state index contributed by atoms with van der Waals surface area (Å²) in [5, 5.41) is 4.40. The number of rotatable bonds is 8. The maximum absolute atomic E-state index is 12.9. The number of carbonyl (C=O) groups excluding carboxylic acids is 1. The zero-order chi connectivity index (χ0) is 26.3. The first-order valence-electron chi connectivity index (χ1n) is 13.6. The zero-order valence-corrected chi connectivity index (χ0v) is 23.6. The van der Waals surface area contributed by atoms with Crippen LogP contribution < -0.4 is 10.2 Å². The summed E-state index contributed by atoms with van der Waals surface area (Å²) in [6.45, 7) is 7.29. The van der Waals surface area contributed by atoms with Crippen LogP contribution in [0.15, 0.2) is 65.8 Å². The van der Waals surface area contributed by atoms with Crippen LogP contribution in [0.25, 0.3) is 0 Å². The molecule has 6 nitrogen and oxygen atoms in total. The molecule has 0 spiro atoms. The van der Waals surface area contributed by atoms with Gasteiger partial charge in [-0.25, -0.2) is 9.97 Å². The number of amides is 1. The third kappa shape index (κ3) is 7.49. The molecule has 1 aromatic heterocycles. The van der Waals surface area contributed by atoms with Crippen LogP contribution in [0.4, 0.5) is 5.82 Å². The Bertz CT molecular complexity index is 1190. The number of nitrogens with zero attached hydrogens (tertiary/aromatic N) is 4. The van der Waals surface area contributed by atoms with Crippen LogP contribution in [-0.4, -0.2) is 53.0 Å². The van der Waals surface area contributed by atoms with Crippen LogP contribution in [0.2, 0.25) is 5.15 Å². The van der Waals surface area contributed by atoms with Crippen LogP contribution >= 0.6 is 23.4 Å². The number of carbonyl (C=O) groups is 1. The molecule has 1 amide bonds. The van der Waals surface area contributed by atoms with Crippen molar-refractivity contribution in [3.63, 3.8) is 0 Å². The maximum atomic E-state index is 12.9. The van der Waals surface area contributed by atoms with E-state index >= 15 is 0 Å². The molecule has 3 heterocycles. The highest BCUT2D eigenvalue weighted by molar-refractivity contribution is 7.98. The van der Waals surface area contributed by atoms with Crippen LogP contribution in [0.3, 0.4) is 0 Å². The number of nitrogens with one attached hydrogen (secondary N) is 1. The van der Waals surface area contributed by atoms with E-state index in [1.807, 2.05) is 30.3 Å². The first-order chi connectivity index (χ1) is 18.5. The fourth-order valence-electron chi connectivity index (χ4n) is 5.10. The van der Waals surface area contributed by atoms with Crippen molar-refractivity contribution in [3.05, 3.63) is 82.5 Å². The molecule has 0 radical (unpaired) electrons. The molecule has 3 aromatic rings. The van der Waals surface area contributed by atoms with Gasteiger partial charge in [-0.3, -0.25) is 9.69 Å². The average Bonchev–Trinajstić information content (AvgIpc) is 2.94. The van der Waals surface area contributed by atoms with Gasteiger partial charge in [-0.15, -0.1) is 0 Å². The van der Waals surface area contributed by atoms with Crippen molar-refractivity contribution in [1.82, 2.24) is 20.2 Å². The lowest BCUT2D eigenvalue weighted by Crippen LogP contribution is -2.44. The first-order valence-corrected chi connectivity index (χ1v) is 15.0. The van der Waals surface area contributed by atoms with Crippen molar-refractivity contribution in [2.45, 2.75) is 56.1 Å². The Morgan fingerprint density at radius 1 is 0.947 bits per heavy atom. The quantitative estimate of drug-likeness (QED) is 0.209. The van der Waals surface area contributed by atoms with Gasteiger partial charge >= 0.3 is 0 Å². The van der Waals surface area contributed by atoms with Crippen LogP contribution in [0, 0.1) is 5.92 Å². The molecule has 0 aliphatic carbocycles. The third-order valence-corrected chi connectivity index (χ3v) is 8.64. The summed E-state index contributed by atoms with van der Waals surface area (Å²) < 4.78 is 0. The maximum Gasteiger partial charge on any atom is 0.251 e. The van der Waals surface area contributed by atoms with Gasteiger partial charge in [0, 0.05) is 56.1 Å². The molecule has 0 unspecified atom stereocenters. The molecule has 0 saturated carbocycles. The van der Waals surface area contributed by atoms with Crippen LogP contribution in [-0.2, 0) is 12.3 Å². The smallest absolute Gasteiger partial charge is 0.251 e. The molecule has 2 aliphatic heterocycles. The van der Waals surface area contributed by atoms with Crippen molar-refractivity contribution in [1.29, 1.82) is 0 Å². The van der Waals surface area contributed by atoms with Crippen molar-refractivity contribution in [2.24, 2.45) is 5.92 Å². The number of aromatic nitrogens is 2. The number of anilines is 1. The molecule has 1 N–H and O–H groups in total. The van der Waals surface area contributed by atoms with E-state index in [-0.39, 0.29) is 11.9 Å². The number of hydrogen-bond acceptors (Lipinski definition) is 6. The summed E-state index contributed by atoms with van der Waals surface area (Å²) in [6, 6.07) is 20.5. The van der Waals surface area contributed by atoms with Crippen molar-refractivity contribution < 1.29 is 4.79 Å². The summed E-state index contributed by atoms with van der Waals surface area (Å²) >= 11 is 7.89. The van der Waals surface area contributed by atoms with Gasteiger partial charge < -0.3 is 10.2 Å². The summed E-state index contributed by atoms with van der Waals surface area (Å²) in [5.74, 6) is 2.40. The minimum Gasteiger partial charge on any atom is -0.356 e. The van der Waals surface area contributed by atoms with Gasteiger partial charge in [0.25, 0.3) is 5.91 Å². The van der Waals surface area contributed by atoms with E-state index in [9.17, 15) is 4.79 Å². The normalized spacial score (nSPS) is 17.5. The van der Waals surface area contributed by atoms with E-state index in [0.717, 1.165) is 68.6 Å². The van der Waals surface area contributed by atoms with Crippen molar-refractivity contribution in [3.8, 4) is 0 Å². The van der Waals surface area contributed by atoms with Gasteiger partial charge in [-0.1, -0.05) is 72.8 Å². The lowest BCUT2D eigenvalue weighted by atomic mass is 9.99. The Kier molecular flexibility index (Phi) is 9.20. The molecule has 0 atom stereocenters. The topological polar surface area (TPSA) is 61.4 Å². The summed E-state index contributed by atoms with van der Waals surface area (Å²) in [6.07, 6.45) is 4.31. The molecule has 0 bridgehead atoms. The molecular weight excluding hydrogens is 514 g/mol. The molecule has 2 fully saturated rings. The lowest BCUT2D eigenvalue weighted by Gasteiger charge is -2.32. The number of thioether (sulfide) groups is 1. The van der Waals surface area contributed by atoms with Gasteiger partial charge in [0.1, 0.15) is 11.0 Å². The van der Waals surface area contributed by atoms with Gasteiger partial charge in [0.15, 0.2) is 5.16 Å². The Morgan fingerprint density at radius 3 is 2.37 bits per heavy atom. The van der Waals surface area contributed by atoms with E-state index < -0.39 is 0 Å². The van der Waals surface area contributed by atoms with E-state index in [0.29, 0.717) is 15.9 Å². The fraction of sp³-hybridized carbons (Fsp3) is 0.433. The van der Waals surface area contributed by atoms with Crippen LogP contribution in [0.1, 0.15) is 54.1 Å². The minimum atomic E-state index is 0.00405. The van der Waals surface area contributed by atoms with Gasteiger partial charge in [-0.05, 0) is 54.9 Å². The molecule has 2 saturated heterocycles. The average molecular weight is 550 g/mol. The molecule has 8 heteroatoms. The third-order valence-electron chi connectivity index (χ3n) is 7.52. The van der Waals surface area contributed by atoms with Crippen molar-refractivity contribution >= 4 is 35.1 Å². The zero-order valence-electron chi connectivity index (χ0n) is 22.0. The number of hydrogen-bond donors (Lipinski definition) is 1. The van der Waals surface area contributed by atoms with E-state index in [4.69, 9.17) is 16.6 Å². The van der Waals surface area contributed by atoms with E-state index in [1.165, 1.54) is 18.4 Å². The van der Waals surface area contributed by atoms with E-state index in [2.05, 4.69) is 57.4 Å². The Morgan fingerprint density at radius 2 is 1.66 bits per heavy atom. The van der Waals surface area contributed by atoms with Crippen LogP contribution in [0.5, 0.6) is 0 Å². The second-order valence-electron chi connectivity index (χ2n) is 10.5. The predicted molar refractivity (Wildman–Crippen MR) is 156 cm³/mol. The largest absolute Gasteiger partial charge is 0.356 e.